The molecule has 5 N–H and O–H groups in total. The van der Waals surface area contributed by atoms with E-state index in [2.05, 4.69) is 89.8 Å². The Hall–Kier alpha value is -4.51. The summed E-state index contributed by atoms with van der Waals surface area (Å²) in [5, 5.41) is 59.1. The third kappa shape index (κ3) is 8.24. The van der Waals surface area contributed by atoms with Crippen LogP contribution in [0.2, 0.25) is 0 Å². The number of aliphatic hydroxyl groups is 1. The predicted molar refractivity (Wildman–Crippen MR) is 262 cm³/mol. The molecule has 3 aliphatic rings. The zero-order valence-electron chi connectivity index (χ0n) is 37.1. The van der Waals surface area contributed by atoms with Crippen LogP contribution in [0.25, 0.3) is 0 Å². The Kier molecular flexibility index (Phi) is 13.3. The molecule has 0 saturated heterocycles. The first-order valence-corrected chi connectivity index (χ1v) is 24.5. The van der Waals surface area contributed by atoms with E-state index in [1.165, 1.54) is 29.3 Å². The molecule has 6 aromatic rings. The number of aliphatic hydroxyl groups excluding tert-OH is 1. The van der Waals surface area contributed by atoms with E-state index in [9.17, 15) is 25.5 Å². The number of aryl methyl sites for hydroxylation is 3. The Morgan fingerprint density at radius 3 is 1.85 bits per heavy atom. The minimum absolute atomic E-state index is 0.112. The van der Waals surface area contributed by atoms with Crippen molar-refractivity contribution in [3.8, 4) is 63.2 Å². The van der Waals surface area contributed by atoms with Gasteiger partial charge >= 0.3 is 369 Å². The molecule has 3 aliphatic heterocycles. The first-order chi connectivity index (χ1) is 32.1. The van der Waals surface area contributed by atoms with Crippen molar-refractivity contribution in [3.05, 3.63) is 140 Å². The predicted octanol–water partition coefficient (Wildman–Crippen LogP) is 10.1. The van der Waals surface area contributed by atoms with Gasteiger partial charge in [-0.05, 0) is 0 Å². The van der Waals surface area contributed by atoms with E-state index in [-0.39, 0.29) is 57.8 Å². The number of fused-ring (bicyclic) bond motifs is 3. The molecule has 6 aromatic carbocycles. The van der Waals surface area contributed by atoms with Gasteiger partial charge in [-0.3, -0.25) is 0 Å². The molecule has 0 saturated carbocycles. The number of aromatic hydroxyl groups is 4. The van der Waals surface area contributed by atoms with Gasteiger partial charge in [0.2, 0.25) is 0 Å². The summed E-state index contributed by atoms with van der Waals surface area (Å²) < 4.78 is 44.5. The molecular weight excluding hydrogens is 1010 g/mol. The number of rotatable bonds is 9. The Morgan fingerprint density at radius 2 is 1.18 bits per heavy atom. The summed E-state index contributed by atoms with van der Waals surface area (Å²) in [5.74, 6) is -0.860. The molecule has 349 valence electrons. The summed E-state index contributed by atoms with van der Waals surface area (Å²) in [6, 6.07) is 22.9. The van der Waals surface area contributed by atoms with Gasteiger partial charge in [0.15, 0.2) is 5.75 Å². The quantitative estimate of drug-likeness (QED) is 0.0530. The second kappa shape index (κ2) is 18.8. The van der Waals surface area contributed by atoms with E-state index < -0.39 is 36.1 Å². The molecule has 3 heterocycles. The van der Waals surface area contributed by atoms with Crippen molar-refractivity contribution >= 4 is 41.8 Å². The molecule has 67 heavy (non-hydrogen) atoms. The molecule has 0 bridgehead atoms. The normalized spacial score (nSPS) is 22.8. The van der Waals surface area contributed by atoms with Gasteiger partial charge in [-0.15, -0.1) is 0 Å². The molecule has 0 aliphatic carbocycles. The van der Waals surface area contributed by atoms with Gasteiger partial charge in [0.05, 0.1) is 28.4 Å². The fourth-order valence-corrected chi connectivity index (χ4v) is 11.9. The van der Waals surface area contributed by atoms with Crippen molar-refractivity contribution in [3.63, 3.8) is 0 Å². The number of phenolic OH excluding ortho intramolecular Hbond substituents is 4. The van der Waals surface area contributed by atoms with Gasteiger partial charge in [0.1, 0.15) is 0 Å². The summed E-state index contributed by atoms with van der Waals surface area (Å²) in [4.78, 5) is 0. The standard InChI is InChI=1S/C50H51O12P4.Mo/c1-21-6-8-26(14-23(21)3)46-24(4)15-31-22(2)7-11-30(49(31)57-46)40-25(5)47(27-9-12-32(51)33(52)16-27)58-50-41(40)34(53)20-35(54)42(50)44-43-38(18-29(59-63)19-39(43)62-66)56-48(45(44)55)28-10-13-36(60-64)37(17-28)61-65;/h6-10,12-14,16-20,24-25,40,44-48,51-55H,15,63-66H2,1-5H3;. The zero-order valence-corrected chi connectivity index (χ0v) is 43.8. The maximum absolute atomic E-state index is 12.9. The first-order valence-electron chi connectivity index (χ1n) is 21.6. The van der Waals surface area contributed by atoms with Crippen LogP contribution in [0.5, 0.6) is 63.2 Å². The van der Waals surface area contributed by atoms with Crippen LogP contribution in [0, 0.1) is 32.6 Å². The number of hydrogen-bond acceptors (Lipinski definition) is 12. The zero-order chi connectivity index (χ0) is 47.7. The number of benzene rings is 6. The summed E-state index contributed by atoms with van der Waals surface area (Å²) in [6.45, 7) is 10.5. The Balaban J connectivity index is 1.32. The molecular formula is C50H51MoO12P4. The van der Waals surface area contributed by atoms with Crippen molar-refractivity contribution < 1.29 is 77.7 Å². The third-order valence-electron chi connectivity index (χ3n) is 13.7. The van der Waals surface area contributed by atoms with E-state index in [1.807, 2.05) is 26.7 Å². The van der Waals surface area contributed by atoms with Gasteiger partial charge in [0, 0.05) is 0 Å². The van der Waals surface area contributed by atoms with Crippen LogP contribution in [0.3, 0.4) is 0 Å². The van der Waals surface area contributed by atoms with Gasteiger partial charge < -0.3 is 9.05 Å². The van der Waals surface area contributed by atoms with Crippen molar-refractivity contribution in [1.29, 1.82) is 0 Å². The molecule has 12 atom stereocenters. The van der Waals surface area contributed by atoms with Crippen molar-refractivity contribution in [2.24, 2.45) is 11.8 Å². The molecule has 12 nitrogen and oxygen atoms in total. The second-order valence-electron chi connectivity index (χ2n) is 17.7. The fourth-order valence-electron chi connectivity index (χ4n) is 10.2. The van der Waals surface area contributed by atoms with Crippen molar-refractivity contribution in [2.75, 3.05) is 0 Å². The SMILES string of the molecule is Cc1ccc(C2Oc3c(c(C)c[c]([Mo])c3C3c4c(O)cc(O)c(C5c6c(OP)cc(OP)cc6OC(c6ccc(OP)c(OP)c6)C5O)c4OC(c4ccc(O)c(O)c4)C3C)CC2C)cc1C. The van der Waals surface area contributed by atoms with Crippen LogP contribution in [0.4, 0.5) is 0 Å². The van der Waals surface area contributed by atoms with Crippen LogP contribution in [0.1, 0.15) is 105 Å². The van der Waals surface area contributed by atoms with Gasteiger partial charge in [-0.25, -0.2) is 0 Å². The topological polar surface area (TPSA) is 166 Å². The Morgan fingerprint density at radius 1 is 0.537 bits per heavy atom. The first kappa shape index (κ1) is 47.5. The van der Waals surface area contributed by atoms with Gasteiger partial charge in [-0.2, -0.15) is 0 Å². The number of hydrogen-bond donors (Lipinski definition) is 5. The summed E-state index contributed by atoms with van der Waals surface area (Å²) in [6.07, 6.45) is -2.91. The van der Waals surface area contributed by atoms with Crippen LogP contribution < -0.4 is 36.3 Å². The molecule has 0 amide bonds. The third-order valence-corrected chi connectivity index (χ3v) is 15.6. The van der Waals surface area contributed by atoms with E-state index in [4.69, 9.17) is 32.3 Å². The van der Waals surface area contributed by atoms with Crippen molar-refractivity contribution in [2.45, 2.75) is 77.3 Å². The van der Waals surface area contributed by atoms with Crippen LogP contribution in [-0.4, -0.2) is 31.6 Å². The average molecular weight is 1060 g/mol. The van der Waals surface area contributed by atoms with E-state index in [1.54, 1.807) is 36.4 Å². The Bertz CT molecular complexity index is 2930. The summed E-state index contributed by atoms with van der Waals surface area (Å²) >= 11 is 1.93. The van der Waals surface area contributed by atoms with E-state index >= 15 is 0 Å². The number of phenols is 4. The monoisotopic (exact) mass is 1070 g/mol. The van der Waals surface area contributed by atoms with Gasteiger partial charge in [0.25, 0.3) is 0 Å². The van der Waals surface area contributed by atoms with E-state index in [0.29, 0.717) is 39.5 Å². The van der Waals surface area contributed by atoms with Gasteiger partial charge in [-0.1, -0.05) is 0 Å². The molecule has 0 spiro atoms. The van der Waals surface area contributed by atoms with E-state index in [0.717, 1.165) is 38.4 Å². The van der Waals surface area contributed by atoms with Crippen molar-refractivity contribution in [1.82, 2.24) is 0 Å². The van der Waals surface area contributed by atoms with Crippen LogP contribution in [-0.2, 0) is 26.2 Å². The molecule has 9 rings (SSSR count). The molecule has 0 aromatic heterocycles. The minimum atomic E-state index is -1.44. The second-order valence-corrected chi connectivity index (χ2v) is 19.7. The van der Waals surface area contributed by atoms with Crippen LogP contribution in [0.15, 0.2) is 78.9 Å². The number of ether oxygens (including phenoxy) is 3. The molecule has 12 unspecified atom stereocenters. The fraction of sp³-hybridized carbons (Fsp3) is 0.280. The molecule has 0 fully saturated rings. The maximum atomic E-state index is 12.9. The molecule has 0 radical (unpaired) electrons. The average Bonchev–Trinajstić information content (AvgIpc) is 3.31. The summed E-state index contributed by atoms with van der Waals surface area (Å²) in [5.41, 5.74) is 8.34. The van der Waals surface area contributed by atoms with Crippen LogP contribution >= 0.6 is 37.9 Å². The molecule has 17 heteroatoms. The Labute approximate surface area is 409 Å². The summed E-state index contributed by atoms with van der Waals surface area (Å²) in [7, 11) is 8.85.